The van der Waals surface area contributed by atoms with Crippen molar-refractivity contribution in [2.75, 3.05) is 45.8 Å². The lowest BCUT2D eigenvalue weighted by molar-refractivity contribution is 0.111. The zero-order valence-electron chi connectivity index (χ0n) is 13.4. The maximum Gasteiger partial charge on any atom is 0.0471 e. The summed E-state index contributed by atoms with van der Waals surface area (Å²) in [6, 6.07) is 1.65. The zero-order valence-corrected chi connectivity index (χ0v) is 13.4. The third-order valence-electron chi connectivity index (χ3n) is 5.97. The molecular formula is C16H32N4. The molecule has 0 aromatic heterocycles. The van der Waals surface area contributed by atoms with E-state index in [1.165, 1.54) is 65.0 Å². The highest BCUT2D eigenvalue weighted by atomic mass is 15.3. The van der Waals surface area contributed by atoms with E-state index >= 15 is 0 Å². The smallest absolute Gasteiger partial charge is 0.0471 e. The fraction of sp³-hybridized carbons (Fsp3) is 1.00. The fourth-order valence-electron chi connectivity index (χ4n) is 4.40. The lowest BCUT2D eigenvalue weighted by Gasteiger charge is -2.39. The van der Waals surface area contributed by atoms with Crippen LogP contribution in [0, 0.1) is 0 Å². The molecule has 0 bridgehead atoms. The molecule has 0 aromatic carbocycles. The summed E-state index contributed by atoms with van der Waals surface area (Å²) in [6.07, 6.45) is 5.45. The van der Waals surface area contributed by atoms with Crippen molar-refractivity contribution in [2.24, 2.45) is 5.73 Å². The van der Waals surface area contributed by atoms with Crippen LogP contribution in [-0.2, 0) is 0 Å². The number of likely N-dealkylation sites (N-methyl/N-ethyl adjacent to an activating group) is 1. The van der Waals surface area contributed by atoms with Gasteiger partial charge in [-0.3, -0.25) is 14.7 Å². The van der Waals surface area contributed by atoms with Crippen LogP contribution in [-0.4, -0.2) is 78.1 Å². The second-order valence-corrected chi connectivity index (χ2v) is 6.99. The molecule has 3 aliphatic rings. The van der Waals surface area contributed by atoms with E-state index in [1.807, 2.05) is 0 Å². The molecule has 0 radical (unpaired) electrons. The number of rotatable bonds is 6. The minimum Gasteiger partial charge on any atom is -0.329 e. The Kier molecular flexibility index (Phi) is 4.37. The maximum atomic E-state index is 6.24. The van der Waals surface area contributed by atoms with Crippen molar-refractivity contribution in [3.05, 3.63) is 0 Å². The van der Waals surface area contributed by atoms with Gasteiger partial charge >= 0.3 is 0 Å². The Morgan fingerprint density at radius 2 is 1.90 bits per heavy atom. The average molecular weight is 280 g/mol. The van der Waals surface area contributed by atoms with Crippen LogP contribution in [0.3, 0.4) is 0 Å². The molecular weight excluding hydrogens is 248 g/mol. The first kappa shape index (κ1) is 14.8. The minimum absolute atomic E-state index is 0.282. The average Bonchev–Trinajstić information content (AvgIpc) is 3.04. The van der Waals surface area contributed by atoms with E-state index in [9.17, 15) is 0 Å². The van der Waals surface area contributed by atoms with Crippen LogP contribution in [0.25, 0.3) is 0 Å². The van der Waals surface area contributed by atoms with Crippen LogP contribution >= 0.6 is 0 Å². The Bertz CT molecular complexity index is 326. The van der Waals surface area contributed by atoms with Crippen LogP contribution in [0.4, 0.5) is 0 Å². The molecule has 0 spiro atoms. The maximum absolute atomic E-state index is 6.24. The van der Waals surface area contributed by atoms with Gasteiger partial charge in [-0.15, -0.1) is 0 Å². The van der Waals surface area contributed by atoms with E-state index < -0.39 is 0 Å². The van der Waals surface area contributed by atoms with Crippen molar-refractivity contribution in [1.29, 1.82) is 0 Å². The van der Waals surface area contributed by atoms with Gasteiger partial charge in [0.25, 0.3) is 0 Å². The molecule has 4 nitrogen and oxygen atoms in total. The molecule has 3 rings (SSSR count). The molecule has 0 aromatic rings. The predicted molar refractivity (Wildman–Crippen MR) is 83.9 cm³/mol. The predicted octanol–water partition coefficient (Wildman–Crippen LogP) is 0.968. The second-order valence-electron chi connectivity index (χ2n) is 6.99. The molecule has 2 saturated heterocycles. The molecule has 1 aliphatic carbocycles. The summed E-state index contributed by atoms with van der Waals surface area (Å²) < 4.78 is 0. The van der Waals surface area contributed by atoms with Gasteiger partial charge < -0.3 is 5.73 Å². The van der Waals surface area contributed by atoms with Crippen LogP contribution in [0.2, 0.25) is 0 Å². The molecule has 0 amide bonds. The van der Waals surface area contributed by atoms with Gasteiger partial charge in [-0.25, -0.2) is 0 Å². The van der Waals surface area contributed by atoms with Gasteiger partial charge in [0.1, 0.15) is 0 Å². The van der Waals surface area contributed by atoms with E-state index in [2.05, 4.69) is 28.5 Å². The summed E-state index contributed by atoms with van der Waals surface area (Å²) in [4.78, 5) is 8.06. The van der Waals surface area contributed by atoms with E-state index in [4.69, 9.17) is 5.73 Å². The van der Waals surface area contributed by atoms with Gasteiger partial charge in [0.05, 0.1) is 0 Å². The van der Waals surface area contributed by atoms with E-state index in [-0.39, 0.29) is 5.54 Å². The lowest BCUT2D eigenvalue weighted by Crippen LogP contribution is -2.55. The van der Waals surface area contributed by atoms with Gasteiger partial charge in [0.15, 0.2) is 0 Å². The normalized spacial score (nSPS) is 36.3. The Hall–Kier alpha value is -0.160. The number of nitrogens with two attached hydrogens (primary N) is 1. The molecule has 2 N–H and O–H groups in total. The highest BCUT2D eigenvalue weighted by molar-refractivity contribution is 5.06. The lowest BCUT2D eigenvalue weighted by atomic mass is 9.96. The Labute approximate surface area is 124 Å². The number of nitrogens with zero attached hydrogens (tertiary/aromatic N) is 3. The van der Waals surface area contributed by atoms with Crippen molar-refractivity contribution >= 4 is 0 Å². The van der Waals surface area contributed by atoms with Crippen molar-refractivity contribution in [3.63, 3.8) is 0 Å². The van der Waals surface area contributed by atoms with Crippen molar-refractivity contribution in [1.82, 2.24) is 14.7 Å². The molecule has 2 aliphatic heterocycles. The Balaban J connectivity index is 1.62. The highest BCUT2D eigenvalue weighted by Gasteiger charge is 2.47. The number of hydrogen-bond acceptors (Lipinski definition) is 4. The van der Waals surface area contributed by atoms with Gasteiger partial charge in [0, 0.05) is 50.3 Å². The number of likely N-dealkylation sites (tertiary alicyclic amines) is 2. The molecule has 2 unspecified atom stereocenters. The van der Waals surface area contributed by atoms with Crippen molar-refractivity contribution in [3.8, 4) is 0 Å². The molecule has 2 atom stereocenters. The largest absolute Gasteiger partial charge is 0.329 e. The Morgan fingerprint density at radius 1 is 1.15 bits per heavy atom. The van der Waals surface area contributed by atoms with E-state index in [0.717, 1.165) is 18.6 Å². The summed E-state index contributed by atoms with van der Waals surface area (Å²) in [6.45, 7) is 12.7. The highest BCUT2D eigenvalue weighted by Crippen LogP contribution is 2.37. The molecule has 2 heterocycles. The third kappa shape index (κ3) is 2.63. The molecule has 116 valence electrons. The molecule has 20 heavy (non-hydrogen) atoms. The molecule has 3 fully saturated rings. The third-order valence-corrected chi connectivity index (χ3v) is 5.97. The first-order chi connectivity index (χ1) is 9.72. The summed E-state index contributed by atoms with van der Waals surface area (Å²) in [5, 5.41) is 0. The van der Waals surface area contributed by atoms with E-state index in [0.29, 0.717) is 0 Å². The van der Waals surface area contributed by atoms with Crippen LogP contribution in [0.1, 0.15) is 39.5 Å². The molecule has 4 heteroatoms. The first-order valence-electron chi connectivity index (χ1n) is 8.65. The fourth-order valence-corrected chi connectivity index (χ4v) is 4.40. The summed E-state index contributed by atoms with van der Waals surface area (Å²) in [7, 11) is 0. The summed E-state index contributed by atoms with van der Waals surface area (Å²) >= 11 is 0. The zero-order chi connectivity index (χ0) is 14.2. The van der Waals surface area contributed by atoms with Gasteiger partial charge in [-0.1, -0.05) is 13.8 Å². The van der Waals surface area contributed by atoms with Crippen molar-refractivity contribution < 1.29 is 0 Å². The van der Waals surface area contributed by atoms with Crippen LogP contribution in [0.5, 0.6) is 0 Å². The van der Waals surface area contributed by atoms with Gasteiger partial charge in [-0.05, 0) is 38.8 Å². The topological polar surface area (TPSA) is 35.7 Å². The monoisotopic (exact) mass is 280 g/mol. The quantitative estimate of drug-likeness (QED) is 0.786. The van der Waals surface area contributed by atoms with Crippen LogP contribution < -0.4 is 5.73 Å². The summed E-state index contributed by atoms with van der Waals surface area (Å²) in [5.74, 6) is 0. The van der Waals surface area contributed by atoms with Crippen LogP contribution in [0.15, 0.2) is 0 Å². The SMILES string of the molecule is CCN(CC)C1CCN(C2(CN)CCN(C3CC3)C2)C1. The van der Waals surface area contributed by atoms with Gasteiger partial charge in [0.2, 0.25) is 0 Å². The first-order valence-corrected chi connectivity index (χ1v) is 8.65. The molecule has 1 saturated carbocycles. The standard InChI is InChI=1S/C16H32N4/c1-3-18(4-2)15-7-9-20(11-15)16(12-17)8-10-19(13-16)14-5-6-14/h14-15H,3-13,17H2,1-2H3. The number of hydrogen-bond donors (Lipinski definition) is 1. The summed E-state index contributed by atoms with van der Waals surface area (Å²) in [5.41, 5.74) is 6.52. The minimum atomic E-state index is 0.282. The van der Waals surface area contributed by atoms with Crippen molar-refractivity contribution in [2.45, 2.75) is 57.2 Å². The Morgan fingerprint density at radius 3 is 2.50 bits per heavy atom. The second kappa shape index (κ2) is 5.91. The van der Waals surface area contributed by atoms with Gasteiger partial charge in [-0.2, -0.15) is 0 Å². The van der Waals surface area contributed by atoms with E-state index in [1.54, 1.807) is 0 Å².